The highest BCUT2D eigenvalue weighted by Crippen LogP contribution is 2.44. The molecule has 4 N–H and O–H groups in total. The van der Waals surface area contributed by atoms with Crippen LogP contribution in [0.1, 0.15) is 135 Å². The van der Waals surface area contributed by atoms with Crippen LogP contribution in [0.25, 0.3) is 0 Å². The fourth-order valence-electron chi connectivity index (χ4n) is 5.50. The number of carboxylic acids is 1. The van der Waals surface area contributed by atoms with Gasteiger partial charge in [0.25, 0.3) is 0 Å². The summed E-state index contributed by atoms with van der Waals surface area (Å²) in [6, 6.07) is 9.98. The number of rotatable bonds is 14. The van der Waals surface area contributed by atoms with Gasteiger partial charge in [-0.1, -0.05) is 96.6 Å². The smallest absolute Gasteiger partial charge is 0.310 e. The number of aliphatic carboxylic acids is 1. The molecular formula is C32H42N2O5. The zero-order valence-electron chi connectivity index (χ0n) is 23.6. The van der Waals surface area contributed by atoms with Gasteiger partial charge in [0.1, 0.15) is 0 Å². The van der Waals surface area contributed by atoms with Gasteiger partial charge >= 0.3 is 5.97 Å². The molecule has 0 heterocycles. The maximum absolute atomic E-state index is 14.2. The number of anilines is 1. The number of unbranched alkanes of at least 4 members (excludes halogenated alkanes) is 5. The lowest BCUT2D eigenvalue weighted by molar-refractivity contribution is -0.139. The topological polar surface area (TPSA) is 127 Å². The average Bonchev–Trinajstić information content (AvgIpc) is 3.11. The van der Waals surface area contributed by atoms with Crippen LogP contribution >= 0.6 is 0 Å². The van der Waals surface area contributed by atoms with Gasteiger partial charge in [-0.2, -0.15) is 0 Å². The molecule has 2 atom stereocenters. The van der Waals surface area contributed by atoms with Gasteiger partial charge < -0.3 is 16.2 Å². The maximum Gasteiger partial charge on any atom is 0.310 e. The molecule has 0 aromatic heterocycles. The highest BCUT2D eigenvalue weighted by Gasteiger charge is 2.57. The van der Waals surface area contributed by atoms with Crippen LogP contribution < -0.4 is 11.1 Å². The summed E-state index contributed by atoms with van der Waals surface area (Å²) in [6.45, 7) is 8.13. The first-order valence-corrected chi connectivity index (χ1v) is 14.3. The molecule has 1 aliphatic carbocycles. The van der Waals surface area contributed by atoms with Crippen molar-refractivity contribution in [3.05, 3.63) is 64.2 Å². The molecule has 7 nitrogen and oxygen atoms in total. The van der Waals surface area contributed by atoms with E-state index < -0.39 is 34.9 Å². The first-order valence-electron chi connectivity index (χ1n) is 14.3. The minimum Gasteiger partial charge on any atom is -0.481 e. The van der Waals surface area contributed by atoms with E-state index in [0.29, 0.717) is 24.8 Å². The molecule has 0 aliphatic heterocycles. The maximum atomic E-state index is 14.2. The van der Waals surface area contributed by atoms with Crippen molar-refractivity contribution >= 4 is 29.1 Å². The van der Waals surface area contributed by atoms with Crippen LogP contribution in [0.3, 0.4) is 0 Å². The molecular weight excluding hydrogens is 492 g/mol. The molecule has 0 radical (unpaired) electrons. The quantitative estimate of drug-likeness (QED) is 0.144. The number of hydrogen-bond donors (Lipinski definition) is 3. The number of carboxylic acid groups (broad SMARTS) is 1. The number of carbonyl (C=O) groups excluding carboxylic acids is 3. The molecule has 1 amide bonds. The Kier molecular flexibility index (Phi) is 10.1. The number of Topliss-reactive ketones (excluding diaryl/α,β-unsaturated/α-hetero) is 2. The SMILES string of the molecule is CCCCCCC(=O)NC1(c2ccc(C(C)C)cc2C(CCCCC)C(=O)O)C(=O)c2cccc(N)c2C1=O. The number of nitrogen functional groups attached to an aromatic ring is 1. The van der Waals surface area contributed by atoms with Crippen molar-refractivity contribution in [2.24, 2.45) is 0 Å². The van der Waals surface area contributed by atoms with Crippen molar-refractivity contribution in [3.8, 4) is 0 Å². The van der Waals surface area contributed by atoms with E-state index in [4.69, 9.17) is 5.73 Å². The Labute approximate surface area is 231 Å². The van der Waals surface area contributed by atoms with Crippen molar-refractivity contribution in [2.75, 3.05) is 5.73 Å². The predicted molar refractivity (Wildman–Crippen MR) is 153 cm³/mol. The van der Waals surface area contributed by atoms with Gasteiger partial charge in [-0.05, 0) is 41.5 Å². The van der Waals surface area contributed by atoms with E-state index in [-0.39, 0.29) is 34.7 Å². The van der Waals surface area contributed by atoms with E-state index in [9.17, 15) is 24.3 Å². The first kappa shape index (κ1) is 30.1. The molecule has 0 fully saturated rings. The Morgan fingerprint density at radius 2 is 1.64 bits per heavy atom. The van der Waals surface area contributed by atoms with Crippen LogP contribution in [-0.2, 0) is 15.1 Å². The number of ketones is 2. The molecule has 2 aromatic rings. The van der Waals surface area contributed by atoms with Crippen LogP contribution in [0.4, 0.5) is 5.69 Å². The second-order valence-corrected chi connectivity index (χ2v) is 10.9. The number of fused-ring (bicyclic) bond motifs is 1. The lowest BCUT2D eigenvalue weighted by Gasteiger charge is -2.32. The summed E-state index contributed by atoms with van der Waals surface area (Å²) in [5.74, 6) is -3.48. The fourth-order valence-corrected chi connectivity index (χ4v) is 5.50. The summed E-state index contributed by atoms with van der Waals surface area (Å²) < 4.78 is 0. The number of amides is 1. The van der Waals surface area contributed by atoms with E-state index in [1.165, 1.54) is 0 Å². The van der Waals surface area contributed by atoms with Crippen LogP contribution in [0.2, 0.25) is 0 Å². The van der Waals surface area contributed by atoms with Gasteiger partial charge in [0.15, 0.2) is 5.54 Å². The van der Waals surface area contributed by atoms with Gasteiger partial charge in [-0.25, -0.2) is 0 Å². The summed E-state index contributed by atoms with van der Waals surface area (Å²) in [7, 11) is 0. The van der Waals surface area contributed by atoms with E-state index >= 15 is 0 Å². The second-order valence-electron chi connectivity index (χ2n) is 10.9. The van der Waals surface area contributed by atoms with E-state index in [1.807, 2.05) is 26.8 Å². The number of nitrogens with one attached hydrogen (secondary N) is 1. The molecule has 2 aromatic carbocycles. The number of carbonyl (C=O) groups is 4. The molecule has 210 valence electrons. The van der Waals surface area contributed by atoms with Gasteiger partial charge in [-0.3, -0.25) is 19.2 Å². The van der Waals surface area contributed by atoms with Crippen LogP contribution in [0.15, 0.2) is 36.4 Å². The Hall–Kier alpha value is -3.48. The lowest BCUT2D eigenvalue weighted by Crippen LogP contribution is -2.54. The van der Waals surface area contributed by atoms with Crippen molar-refractivity contribution in [1.82, 2.24) is 5.32 Å². The Balaban J connectivity index is 2.24. The van der Waals surface area contributed by atoms with Crippen molar-refractivity contribution in [1.29, 1.82) is 0 Å². The second kappa shape index (κ2) is 13.0. The summed E-state index contributed by atoms with van der Waals surface area (Å²) >= 11 is 0. The Morgan fingerprint density at radius 3 is 2.26 bits per heavy atom. The molecule has 0 saturated carbocycles. The third-order valence-corrected chi connectivity index (χ3v) is 7.75. The Bertz CT molecular complexity index is 1240. The molecule has 0 spiro atoms. The van der Waals surface area contributed by atoms with Crippen molar-refractivity contribution in [3.63, 3.8) is 0 Å². The first-order chi connectivity index (χ1) is 18.6. The molecule has 0 bridgehead atoms. The van der Waals surface area contributed by atoms with Crippen molar-refractivity contribution in [2.45, 2.75) is 103 Å². The summed E-state index contributed by atoms with van der Waals surface area (Å²) in [4.78, 5) is 54.3. The number of hydrogen-bond acceptors (Lipinski definition) is 5. The largest absolute Gasteiger partial charge is 0.481 e. The Morgan fingerprint density at radius 1 is 0.949 bits per heavy atom. The van der Waals surface area contributed by atoms with Crippen molar-refractivity contribution < 1.29 is 24.3 Å². The molecule has 3 rings (SSSR count). The third kappa shape index (κ3) is 6.07. The fraction of sp³-hybridized carbons (Fsp3) is 0.500. The molecule has 1 aliphatic rings. The molecule has 0 saturated heterocycles. The van der Waals surface area contributed by atoms with Gasteiger partial charge in [-0.15, -0.1) is 0 Å². The van der Waals surface area contributed by atoms with Crippen LogP contribution in [0, 0.1) is 0 Å². The van der Waals surface area contributed by atoms with Crippen LogP contribution in [-0.4, -0.2) is 28.5 Å². The standard InChI is InChI=1S/C32H42N2O5/c1-5-7-9-11-16-27(35)34-32(29(36)23-14-12-15-26(33)28(23)30(32)37)25-18-17-21(20(3)4)19-24(25)22(31(38)39)13-10-8-6-2/h12,14-15,17-20,22H,5-11,13,16,33H2,1-4H3,(H,34,35)(H,38,39). The summed E-state index contributed by atoms with van der Waals surface area (Å²) in [6.07, 6.45) is 6.47. The van der Waals surface area contributed by atoms with Gasteiger partial charge in [0, 0.05) is 17.7 Å². The minimum absolute atomic E-state index is 0.0746. The number of nitrogens with two attached hydrogens (primary N) is 1. The minimum atomic E-state index is -2.07. The molecule has 2 unspecified atom stereocenters. The lowest BCUT2D eigenvalue weighted by atomic mass is 9.76. The highest BCUT2D eigenvalue weighted by atomic mass is 16.4. The van der Waals surface area contributed by atoms with E-state index in [2.05, 4.69) is 12.2 Å². The van der Waals surface area contributed by atoms with Gasteiger partial charge in [0.05, 0.1) is 11.5 Å². The van der Waals surface area contributed by atoms with Gasteiger partial charge in [0.2, 0.25) is 17.5 Å². The summed E-state index contributed by atoms with van der Waals surface area (Å²) in [5.41, 5.74) is 6.00. The third-order valence-electron chi connectivity index (χ3n) is 7.75. The van der Waals surface area contributed by atoms with Crippen LogP contribution in [0.5, 0.6) is 0 Å². The normalized spacial score (nSPS) is 17.4. The van der Waals surface area contributed by atoms with E-state index in [1.54, 1.807) is 30.3 Å². The number of benzene rings is 2. The summed E-state index contributed by atoms with van der Waals surface area (Å²) in [5, 5.41) is 13.2. The monoisotopic (exact) mass is 534 g/mol. The highest BCUT2D eigenvalue weighted by molar-refractivity contribution is 6.35. The average molecular weight is 535 g/mol. The molecule has 7 heteroatoms. The zero-order valence-corrected chi connectivity index (χ0v) is 23.6. The molecule has 39 heavy (non-hydrogen) atoms. The zero-order chi connectivity index (χ0) is 28.7. The van der Waals surface area contributed by atoms with E-state index in [0.717, 1.165) is 37.7 Å². The predicted octanol–water partition coefficient (Wildman–Crippen LogP) is 6.50.